The van der Waals surface area contributed by atoms with Gasteiger partial charge in [0.25, 0.3) is 0 Å². The van der Waals surface area contributed by atoms with Crippen molar-refractivity contribution in [3.63, 3.8) is 0 Å². The summed E-state index contributed by atoms with van der Waals surface area (Å²) in [5.74, 6) is 0. The van der Waals surface area contributed by atoms with E-state index in [-0.39, 0.29) is 0 Å². The average Bonchev–Trinajstić information content (AvgIpc) is 2.28. The molecule has 0 radical (unpaired) electrons. The molecule has 0 fully saturated rings. The maximum absolute atomic E-state index is 12.7. The highest BCUT2D eigenvalue weighted by Crippen LogP contribution is 2.34. The van der Waals surface area contributed by atoms with Crippen LogP contribution in [0.4, 0.5) is 0 Å². The Labute approximate surface area is 111 Å². The van der Waals surface area contributed by atoms with Crippen LogP contribution >= 0.6 is 0 Å². The van der Waals surface area contributed by atoms with Crippen LogP contribution in [-0.2, 0) is 16.3 Å². The second-order valence-corrected chi connectivity index (χ2v) is 9.30. The first-order valence-electron chi connectivity index (χ1n) is 6.42. The van der Waals surface area contributed by atoms with Crippen molar-refractivity contribution in [3.05, 3.63) is 35.9 Å². The van der Waals surface area contributed by atoms with E-state index in [0.717, 1.165) is 5.56 Å². The smallest absolute Gasteiger partial charge is 0.160 e. The van der Waals surface area contributed by atoms with Crippen molar-refractivity contribution >= 4 is 9.84 Å². The van der Waals surface area contributed by atoms with Crippen molar-refractivity contribution in [3.8, 4) is 0 Å². The van der Waals surface area contributed by atoms with Crippen LogP contribution in [0.1, 0.15) is 46.6 Å². The molecule has 0 aliphatic heterocycles. The Morgan fingerprint density at radius 2 is 1.50 bits per heavy atom. The first-order chi connectivity index (χ1) is 8.14. The van der Waals surface area contributed by atoms with Gasteiger partial charge in [0.15, 0.2) is 9.84 Å². The molecule has 0 spiro atoms. The van der Waals surface area contributed by atoms with Crippen LogP contribution in [0.5, 0.6) is 0 Å². The summed E-state index contributed by atoms with van der Waals surface area (Å²) in [7, 11) is -3.19. The van der Waals surface area contributed by atoms with Crippen LogP contribution in [0.25, 0.3) is 0 Å². The van der Waals surface area contributed by atoms with Crippen LogP contribution < -0.4 is 0 Å². The molecule has 0 aliphatic carbocycles. The summed E-state index contributed by atoms with van der Waals surface area (Å²) in [5.41, 5.74) is 1.08. The predicted molar refractivity (Wildman–Crippen MR) is 77.5 cm³/mol. The van der Waals surface area contributed by atoms with E-state index in [4.69, 9.17) is 0 Å². The van der Waals surface area contributed by atoms with Crippen LogP contribution in [0.3, 0.4) is 0 Å². The zero-order valence-corrected chi connectivity index (χ0v) is 12.8. The summed E-state index contributed by atoms with van der Waals surface area (Å²) in [5, 5.41) is 0. The van der Waals surface area contributed by atoms with E-state index in [1.165, 1.54) is 0 Å². The van der Waals surface area contributed by atoms with Crippen molar-refractivity contribution in [2.75, 3.05) is 0 Å². The summed E-state index contributed by atoms with van der Waals surface area (Å²) < 4.78 is 24.0. The Morgan fingerprint density at radius 3 is 1.89 bits per heavy atom. The molecule has 0 N–H and O–H groups in total. The van der Waals surface area contributed by atoms with E-state index in [2.05, 4.69) is 0 Å². The fourth-order valence-corrected chi connectivity index (χ4v) is 4.39. The molecular formula is C15H24O2S. The minimum atomic E-state index is -3.19. The second-order valence-electron chi connectivity index (χ2n) is 6.08. The summed E-state index contributed by atoms with van der Waals surface area (Å²) in [6, 6.07) is 9.84. The molecule has 3 heteroatoms. The number of hydrogen-bond donors (Lipinski definition) is 0. The molecular weight excluding hydrogens is 244 g/mol. The molecule has 1 rings (SSSR count). The molecule has 0 aliphatic rings. The Balaban J connectivity index is 3.16. The predicted octanol–water partition coefficient (Wildman–Crippen LogP) is 3.61. The van der Waals surface area contributed by atoms with Crippen LogP contribution in [-0.4, -0.2) is 17.9 Å². The van der Waals surface area contributed by atoms with Gasteiger partial charge in [-0.2, -0.15) is 0 Å². The Morgan fingerprint density at radius 1 is 1.00 bits per heavy atom. The van der Waals surface area contributed by atoms with Gasteiger partial charge in [0.05, 0.1) is 9.49 Å². The van der Waals surface area contributed by atoms with Gasteiger partial charge in [0.2, 0.25) is 0 Å². The van der Waals surface area contributed by atoms with E-state index in [1.807, 2.05) is 44.2 Å². The Kier molecular flexibility index (Phi) is 4.26. The third-order valence-corrected chi connectivity index (χ3v) is 6.97. The van der Waals surface area contributed by atoms with Gasteiger partial charge in [0, 0.05) is 0 Å². The molecule has 1 unspecified atom stereocenters. The maximum Gasteiger partial charge on any atom is 0.160 e. The highest BCUT2D eigenvalue weighted by molar-refractivity contribution is 7.94. The van der Waals surface area contributed by atoms with Gasteiger partial charge in [-0.1, -0.05) is 37.3 Å². The monoisotopic (exact) mass is 268 g/mol. The standard InChI is InChI=1S/C15H24O2S/c1-6-15(5,18(16,17)14(2,3)4)12-13-10-8-7-9-11-13/h7-11H,6,12H2,1-5H3. The minimum Gasteiger partial charge on any atom is -0.228 e. The summed E-state index contributed by atoms with van der Waals surface area (Å²) in [6.45, 7) is 9.15. The van der Waals surface area contributed by atoms with Crippen molar-refractivity contribution in [1.29, 1.82) is 0 Å². The zero-order chi connectivity index (χ0) is 14.0. The molecule has 1 aromatic rings. The molecule has 2 nitrogen and oxygen atoms in total. The normalized spacial score (nSPS) is 16.3. The molecule has 0 aromatic heterocycles. The number of hydrogen-bond acceptors (Lipinski definition) is 2. The highest BCUT2D eigenvalue weighted by Gasteiger charge is 2.45. The van der Waals surface area contributed by atoms with Crippen LogP contribution in [0.2, 0.25) is 0 Å². The van der Waals surface area contributed by atoms with E-state index < -0.39 is 19.3 Å². The lowest BCUT2D eigenvalue weighted by Crippen LogP contribution is -2.47. The molecule has 1 aromatic carbocycles. The quantitative estimate of drug-likeness (QED) is 0.836. The second kappa shape index (κ2) is 5.04. The fraction of sp³-hybridized carbons (Fsp3) is 0.600. The third kappa shape index (κ3) is 2.77. The van der Waals surface area contributed by atoms with Crippen molar-refractivity contribution in [1.82, 2.24) is 0 Å². The lowest BCUT2D eigenvalue weighted by atomic mass is 9.98. The van der Waals surface area contributed by atoms with Crippen LogP contribution in [0, 0.1) is 0 Å². The van der Waals surface area contributed by atoms with Gasteiger partial charge in [-0.05, 0) is 46.1 Å². The average molecular weight is 268 g/mol. The minimum absolute atomic E-state index is 0.573. The number of rotatable bonds is 4. The van der Waals surface area contributed by atoms with Gasteiger partial charge < -0.3 is 0 Å². The van der Waals surface area contributed by atoms with Gasteiger partial charge in [-0.3, -0.25) is 0 Å². The zero-order valence-electron chi connectivity index (χ0n) is 12.0. The van der Waals surface area contributed by atoms with Gasteiger partial charge in [0.1, 0.15) is 0 Å². The molecule has 18 heavy (non-hydrogen) atoms. The van der Waals surface area contributed by atoms with Gasteiger partial charge in [-0.25, -0.2) is 8.42 Å². The first-order valence-corrected chi connectivity index (χ1v) is 7.90. The lowest BCUT2D eigenvalue weighted by Gasteiger charge is -2.35. The van der Waals surface area contributed by atoms with Crippen LogP contribution in [0.15, 0.2) is 30.3 Å². The molecule has 0 heterocycles. The lowest BCUT2D eigenvalue weighted by molar-refractivity contribution is 0.487. The third-order valence-electron chi connectivity index (χ3n) is 3.62. The van der Waals surface area contributed by atoms with Crippen molar-refractivity contribution in [2.24, 2.45) is 0 Å². The molecule has 1 atom stereocenters. The van der Waals surface area contributed by atoms with E-state index in [0.29, 0.717) is 12.8 Å². The summed E-state index contributed by atoms with van der Waals surface area (Å²) >= 11 is 0. The van der Waals surface area contributed by atoms with E-state index in [9.17, 15) is 8.42 Å². The Hall–Kier alpha value is -0.830. The maximum atomic E-state index is 12.7. The van der Waals surface area contributed by atoms with E-state index >= 15 is 0 Å². The highest BCUT2D eigenvalue weighted by atomic mass is 32.2. The molecule has 102 valence electrons. The topological polar surface area (TPSA) is 34.1 Å². The Bertz CT molecular complexity index is 483. The summed E-state index contributed by atoms with van der Waals surface area (Å²) in [6.07, 6.45) is 1.20. The fourth-order valence-electron chi connectivity index (χ4n) is 2.18. The molecule has 0 saturated heterocycles. The molecule has 0 saturated carbocycles. The first kappa shape index (κ1) is 15.2. The largest absolute Gasteiger partial charge is 0.228 e. The molecule has 0 bridgehead atoms. The number of benzene rings is 1. The van der Waals surface area contributed by atoms with Crippen molar-refractivity contribution < 1.29 is 8.42 Å². The molecule has 0 amide bonds. The SMILES string of the molecule is CCC(C)(Cc1ccccc1)S(=O)(=O)C(C)(C)C. The van der Waals surface area contributed by atoms with E-state index in [1.54, 1.807) is 20.8 Å². The van der Waals surface area contributed by atoms with Gasteiger partial charge in [-0.15, -0.1) is 0 Å². The van der Waals surface area contributed by atoms with Crippen molar-refractivity contribution in [2.45, 2.75) is 57.0 Å². The number of sulfone groups is 1. The van der Waals surface area contributed by atoms with Gasteiger partial charge >= 0.3 is 0 Å². The summed E-state index contributed by atoms with van der Waals surface area (Å²) in [4.78, 5) is 0.